The summed E-state index contributed by atoms with van der Waals surface area (Å²) in [5.41, 5.74) is 2.30. The van der Waals surface area contributed by atoms with Crippen LogP contribution in [-0.4, -0.2) is 10.1 Å². The van der Waals surface area contributed by atoms with E-state index in [1.54, 1.807) is 0 Å². The van der Waals surface area contributed by atoms with Gasteiger partial charge < -0.3 is 4.52 Å². The second kappa shape index (κ2) is 7.88. The van der Waals surface area contributed by atoms with Crippen molar-refractivity contribution in [1.29, 1.82) is 0 Å². The van der Waals surface area contributed by atoms with Gasteiger partial charge >= 0.3 is 0 Å². The third kappa shape index (κ3) is 4.05. The zero-order valence-corrected chi connectivity index (χ0v) is 15.2. The predicted molar refractivity (Wildman–Crippen MR) is 104 cm³/mol. The zero-order chi connectivity index (χ0) is 17.8. The van der Waals surface area contributed by atoms with E-state index in [0.717, 1.165) is 5.56 Å². The van der Waals surface area contributed by atoms with Gasteiger partial charge in [-0.3, -0.25) is 0 Å². The normalized spacial score (nSPS) is 20.5. The van der Waals surface area contributed by atoms with E-state index in [0.29, 0.717) is 28.6 Å². The average Bonchev–Trinajstić information content (AvgIpc) is 3.17. The van der Waals surface area contributed by atoms with E-state index in [1.807, 2.05) is 42.5 Å². The highest BCUT2D eigenvalue weighted by Gasteiger charge is 2.20. The van der Waals surface area contributed by atoms with Gasteiger partial charge in [-0.05, 0) is 67.4 Å². The van der Waals surface area contributed by atoms with Crippen LogP contribution in [0.25, 0.3) is 17.5 Å². The topological polar surface area (TPSA) is 38.9 Å². The maximum atomic E-state index is 6.02. The molecule has 0 N–H and O–H groups in total. The van der Waals surface area contributed by atoms with Gasteiger partial charge in [-0.2, -0.15) is 4.98 Å². The van der Waals surface area contributed by atoms with Crippen LogP contribution in [0.3, 0.4) is 0 Å². The summed E-state index contributed by atoms with van der Waals surface area (Å²) >= 11 is 6.02. The number of hydrogen-bond acceptors (Lipinski definition) is 3. The molecule has 0 unspecified atom stereocenters. The molecule has 1 heterocycles. The Balaban J connectivity index is 1.36. The molecule has 4 heteroatoms. The summed E-state index contributed by atoms with van der Waals surface area (Å²) in [5.74, 6) is 2.35. The Bertz CT molecular complexity index is 880. The lowest BCUT2D eigenvalue weighted by Gasteiger charge is -2.26. The van der Waals surface area contributed by atoms with Crippen molar-refractivity contribution in [3.8, 4) is 11.4 Å². The lowest BCUT2D eigenvalue weighted by Crippen LogP contribution is -2.11. The van der Waals surface area contributed by atoms with Gasteiger partial charge in [-0.15, -0.1) is 0 Å². The molecule has 4 rings (SSSR count). The van der Waals surface area contributed by atoms with Crippen LogP contribution in [0.1, 0.15) is 43.1 Å². The lowest BCUT2D eigenvalue weighted by molar-refractivity contribution is 0.375. The summed E-state index contributed by atoms with van der Waals surface area (Å²) < 4.78 is 5.35. The van der Waals surface area contributed by atoms with Gasteiger partial charge in [0.25, 0.3) is 5.89 Å². The molecule has 1 fully saturated rings. The second-order valence-corrected chi connectivity index (χ2v) is 7.21. The molecular weight excluding hydrogens is 344 g/mol. The zero-order valence-electron chi connectivity index (χ0n) is 14.4. The van der Waals surface area contributed by atoms with E-state index < -0.39 is 0 Å². The van der Waals surface area contributed by atoms with Crippen LogP contribution in [0.5, 0.6) is 0 Å². The highest BCUT2D eigenvalue weighted by atomic mass is 35.5. The Kier molecular flexibility index (Phi) is 5.16. The van der Waals surface area contributed by atoms with Gasteiger partial charge in [-0.25, -0.2) is 0 Å². The van der Waals surface area contributed by atoms with Crippen molar-refractivity contribution in [1.82, 2.24) is 10.1 Å². The summed E-state index contributed by atoms with van der Waals surface area (Å²) in [6.07, 6.45) is 8.98. The molecule has 1 radical (unpaired) electrons. The molecule has 0 atom stereocenters. The van der Waals surface area contributed by atoms with Gasteiger partial charge in [0, 0.05) is 10.6 Å². The van der Waals surface area contributed by atoms with E-state index >= 15 is 0 Å². The summed E-state index contributed by atoms with van der Waals surface area (Å²) in [6, 6.07) is 19.0. The molecule has 1 aliphatic carbocycles. The average molecular weight is 364 g/mol. The van der Waals surface area contributed by atoms with Crippen LogP contribution in [0, 0.1) is 12.0 Å². The minimum Gasteiger partial charge on any atom is -0.334 e. The second-order valence-electron chi connectivity index (χ2n) is 6.77. The van der Waals surface area contributed by atoms with Crippen LogP contribution in [0.4, 0.5) is 0 Å². The van der Waals surface area contributed by atoms with Crippen LogP contribution in [0.2, 0.25) is 5.02 Å². The number of hydrogen-bond donors (Lipinski definition) is 0. The molecule has 1 saturated carbocycles. The number of nitrogens with zero attached hydrogens (tertiary/aromatic N) is 2. The molecule has 1 aromatic heterocycles. The molecule has 0 aliphatic heterocycles. The minimum atomic E-state index is 0.542. The standard InChI is InChI=1S/C22H20ClN2O/c23-20-8-4-7-19(15-20)22-24-21(26-25-22)14-11-16-9-12-18(13-10-16)17-5-2-1-3-6-17/h2-8,11,14-16,18H,9-10,12-13H2. The van der Waals surface area contributed by atoms with E-state index in [-0.39, 0.29) is 0 Å². The van der Waals surface area contributed by atoms with E-state index in [4.69, 9.17) is 16.1 Å². The third-order valence-corrected chi connectivity index (χ3v) is 5.26. The Morgan fingerprint density at radius 1 is 1.08 bits per heavy atom. The molecule has 2 aromatic carbocycles. The Morgan fingerprint density at radius 3 is 2.65 bits per heavy atom. The van der Waals surface area contributed by atoms with Crippen LogP contribution in [0.15, 0.2) is 59.1 Å². The first-order valence-corrected chi connectivity index (χ1v) is 9.39. The van der Waals surface area contributed by atoms with Crippen molar-refractivity contribution in [2.24, 2.45) is 5.92 Å². The fourth-order valence-corrected chi connectivity index (χ4v) is 3.77. The molecular formula is C22H20ClN2O. The van der Waals surface area contributed by atoms with Crippen molar-refractivity contribution in [3.05, 3.63) is 77.2 Å². The third-order valence-electron chi connectivity index (χ3n) is 5.02. The number of rotatable bonds is 4. The van der Waals surface area contributed by atoms with Crippen molar-refractivity contribution in [2.45, 2.75) is 31.6 Å². The fraction of sp³-hybridized carbons (Fsp3) is 0.273. The largest absolute Gasteiger partial charge is 0.334 e. The quantitative estimate of drug-likeness (QED) is 0.555. The van der Waals surface area contributed by atoms with Gasteiger partial charge in [0.1, 0.15) is 0 Å². The van der Waals surface area contributed by atoms with Gasteiger partial charge in [-0.1, -0.05) is 59.2 Å². The smallest absolute Gasteiger partial charge is 0.250 e. The maximum Gasteiger partial charge on any atom is 0.250 e. The van der Waals surface area contributed by atoms with Crippen LogP contribution >= 0.6 is 11.6 Å². The molecule has 0 amide bonds. The summed E-state index contributed by atoms with van der Waals surface area (Å²) in [4.78, 5) is 4.44. The number of allylic oxidation sites excluding steroid dienone is 1. The summed E-state index contributed by atoms with van der Waals surface area (Å²) in [6.45, 7) is 0. The number of benzene rings is 2. The van der Waals surface area contributed by atoms with Crippen LogP contribution in [-0.2, 0) is 0 Å². The van der Waals surface area contributed by atoms with Crippen molar-refractivity contribution in [2.75, 3.05) is 0 Å². The van der Waals surface area contributed by atoms with Crippen molar-refractivity contribution in [3.63, 3.8) is 0 Å². The Morgan fingerprint density at radius 2 is 1.88 bits per heavy atom. The van der Waals surface area contributed by atoms with Gasteiger partial charge in [0.15, 0.2) is 0 Å². The summed E-state index contributed by atoms with van der Waals surface area (Å²) in [7, 11) is 0. The lowest BCUT2D eigenvalue weighted by atomic mass is 9.78. The van der Waals surface area contributed by atoms with E-state index in [2.05, 4.69) is 34.4 Å². The first kappa shape index (κ1) is 17.0. The Hall–Kier alpha value is -2.39. The molecule has 3 nitrogen and oxygen atoms in total. The minimum absolute atomic E-state index is 0.542. The first-order valence-electron chi connectivity index (χ1n) is 9.02. The summed E-state index contributed by atoms with van der Waals surface area (Å²) in [5, 5.41) is 4.71. The fourth-order valence-electron chi connectivity index (χ4n) is 3.58. The van der Waals surface area contributed by atoms with Crippen molar-refractivity contribution < 1.29 is 4.52 Å². The maximum absolute atomic E-state index is 6.02. The van der Waals surface area contributed by atoms with E-state index in [9.17, 15) is 0 Å². The molecule has 1 aliphatic rings. The van der Waals surface area contributed by atoms with Gasteiger partial charge in [0.2, 0.25) is 5.82 Å². The van der Waals surface area contributed by atoms with Crippen LogP contribution < -0.4 is 0 Å². The monoisotopic (exact) mass is 363 g/mol. The highest BCUT2D eigenvalue weighted by Crippen LogP contribution is 2.36. The molecule has 131 valence electrons. The SMILES string of the molecule is Clc1cccc(-c2noc(C=CC3CCC(c4cc[c]cc4)CC3)n2)c1. The molecule has 0 saturated heterocycles. The predicted octanol–water partition coefficient (Wildman–Crippen LogP) is 6.18. The van der Waals surface area contributed by atoms with E-state index in [1.165, 1.54) is 31.2 Å². The molecule has 0 spiro atoms. The molecule has 0 bridgehead atoms. The molecule has 3 aromatic rings. The molecule has 26 heavy (non-hydrogen) atoms. The number of aromatic nitrogens is 2. The number of halogens is 1. The highest BCUT2D eigenvalue weighted by molar-refractivity contribution is 6.30. The Labute approximate surface area is 158 Å². The van der Waals surface area contributed by atoms with Crippen molar-refractivity contribution >= 4 is 17.7 Å². The first-order chi connectivity index (χ1) is 12.8. The van der Waals surface area contributed by atoms with Gasteiger partial charge in [0.05, 0.1) is 0 Å².